The number of para-hydroxylation sites is 1. The van der Waals surface area contributed by atoms with Crippen LogP contribution in [0.25, 0.3) is 0 Å². The largest absolute Gasteiger partial charge is 0.507 e. The van der Waals surface area contributed by atoms with Gasteiger partial charge in [-0.05, 0) is 43.2 Å². The van der Waals surface area contributed by atoms with E-state index in [1.165, 1.54) is 6.07 Å². The van der Waals surface area contributed by atoms with Crippen LogP contribution in [0.2, 0.25) is 10.0 Å². The van der Waals surface area contributed by atoms with Gasteiger partial charge in [-0.1, -0.05) is 35.3 Å². The fourth-order valence-electron chi connectivity index (χ4n) is 3.03. The summed E-state index contributed by atoms with van der Waals surface area (Å²) in [6.45, 7) is 0.917. The first kappa shape index (κ1) is 20.3. The number of aromatic hydroxyl groups is 1. The van der Waals surface area contributed by atoms with Gasteiger partial charge in [0.25, 0.3) is 11.8 Å². The molecular formula is C20H20Cl2N2O4. The molecule has 0 spiro atoms. The summed E-state index contributed by atoms with van der Waals surface area (Å²) in [6.07, 6.45) is 1.26. The maximum Gasteiger partial charge on any atom is 0.260 e. The lowest BCUT2D eigenvalue weighted by molar-refractivity contribution is -0.134. The summed E-state index contributed by atoms with van der Waals surface area (Å²) in [7, 11) is 0. The zero-order valence-corrected chi connectivity index (χ0v) is 16.5. The highest BCUT2D eigenvalue weighted by Gasteiger charge is 2.25. The van der Waals surface area contributed by atoms with E-state index in [4.69, 9.17) is 27.9 Å². The third-order valence-electron chi connectivity index (χ3n) is 4.58. The molecule has 8 heteroatoms. The van der Waals surface area contributed by atoms with Crippen LogP contribution >= 0.6 is 23.2 Å². The molecule has 0 aliphatic carbocycles. The number of carbonyl (C=O) groups is 2. The Kier molecular flexibility index (Phi) is 6.65. The number of hydrogen-bond donors (Lipinski definition) is 2. The molecule has 28 heavy (non-hydrogen) atoms. The fraction of sp³-hybridized carbons (Fsp3) is 0.300. The number of amides is 2. The Hall–Kier alpha value is -2.44. The van der Waals surface area contributed by atoms with Gasteiger partial charge in [0.1, 0.15) is 11.5 Å². The lowest BCUT2D eigenvalue weighted by atomic mass is 10.0. The Morgan fingerprint density at radius 2 is 1.86 bits per heavy atom. The minimum absolute atomic E-state index is 0.0503. The Morgan fingerprint density at radius 3 is 2.54 bits per heavy atom. The zero-order valence-electron chi connectivity index (χ0n) is 15.0. The smallest absolute Gasteiger partial charge is 0.260 e. The molecule has 0 unspecified atom stereocenters. The van der Waals surface area contributed by atoms with Gasteiger partial charge in [0.15, 0.2) is 6.61 Å². The van der Waals surface area contributed by atoms with E-state index in [0.29, 0.717) is 41.7 Å². The Balaban J connectivity index is 1.46. The van der Waals surface area contributed by atoms with Crippen molar-refractivity contribution in [1.82, 2.24) is 10.2 Å². The van der Waals surface area contributed by atoms with E-state index < -0.39 is 0 Å². The van der Waals surface area contributed by atoms with E-state index in [1.54, 1.807) is 41.3 Å². The van der Waals surface area contributed by atoms with Gasteiger partial charge in [0, 0.05) is 24.2 Å². The van der Waals surface area contributed by atoms with Crippen LogP contribution < -0.4 is 10.1 Å². The topological polar surface area (TPSA) is 78.9 Å². The number of halogens is 2. The molecule has 2 amide bonds. The maximum absolute atomic E-state index is 12.4. The van der Waals surface area contributed by atoms with Gasteiger partial charge in [-0.3, -0.25) is 9.59 Å². The monoisotopic (exact) mass is 422 g/mol. The highest BCUT2D eigenvalue weighted by Crippen LogP contribution is 2.27. The second-order valence-electron chi connectivity index (χ2n) is 6.51. The van der Waals surface area contributed by atoms with Gasteiger partial charge in [-0.25, -0.2) is 0 Å². The lowest BCUT2D eigenvalue weighted by Gasteiger charge is -2.32. The fourth-order valence-corrected chi connectivity index (χ4v) is 3.49. The van der Waals surface area contributed by atoms with Crippen LogP contribution in [0.15, 0.2) is 42.5 Å². The quantitative estimate of drug-likeness (QED) is 0.772. The maximum atomic E-state index is 12.4. The molecule has 1 saturated heterocycles. The van der Waals surface area contributed by atoms with Gasteiger partial charge >= 0.3 is 0 Å². The summed E-state index contributed by atoms with van der Waals surface area (Å²) < 4.78 is 5.49. The molecule has 1 heterocycles. The lowest BCUT2D eigenvalue weighted by Crippen LogP contribution is -2.47. The van der Waals surface area contributed by atoms with Crippen molar-refractivity contribution in [3.8, 4) is 11.5 Å². The number of nitrogens with one attached hydrogen (secondary N) is 1. The van der Waals surface area contributed by atoms with Crippen molar-refractivity contribution >= 4 is 35.0 Å². The van der Waals surface area contributed by atoms with Crippen LogP contribution in [-0.2, 0) is 4.79 Å². The number of hydrogen-bond acceptors (Lipinski definition) is 4. The number of phenolic OH excluding ortho intramolecular Hbond substituents is 1. The molecule has 0 aromatic heterocycles. The third-order valence-corrected chi connectivity index (χ3v) is 5.11. The minimum atomic E-state index is -0.316. The summed E-state index contributed by atoms with van der Waals surface area (Å²) in [5.74, 6) is -0.102. The van der Waals surface area contributed by atoms with Crippen molar-refractivity contribution < 1.29 is 19.4 Å². The van der Waals surface area contributed by atoms with E-state index in [0.717, 1.165) is 0 Å². The summed E-state index contributed by atoms with van der Waals surface area (Å²) in [5.41, 5.74) is 0.245. The van der Waals surface area contributed by atoms with Crippen molar-refractivity contribution in [2.75, 3.05) is 19.7 Å². The first-order chi connectivity index (χ1) is 13.4. The van der Waals surface area contributed by atoms with Crippen LogP contribution in [0.3, 0.4) is 0 Å². The van der Waals surface area contributed by atoms with E-state index >= 15 is 0 Å². The average Bonchev–Trinajstić information content (AvgIpc) is 2.68. The molecule has 2 N–H and O–H groups in total. The molecule has 3 rings (SSSR count). The van der Waals surface area contributed by atoms with Crippen molar-refractivity contribution in [1.29, 1.82) is 0 Å². The molecule has 148 valence electrons. The second-order valence-corrected chi connectivity index (χ2v) is 7.35. The summed E-state index contributed by atoms with van der Waals surface area (Å²) in [4.78, 5) is 26.3. The van der Waals surface area contributed by atoms with Crippen LogP contribution in [0.5, 0.6) is 11.5 Å². The van der Waals surface area contributed by atoms with Gasteiger partial charge in [-0.15, -0.1) is 0 Å². The highest BCUT2D eigenvalue weighted by molar-refractivity contribution is 6.35. The van der Waals surface area contributed by atoms with Crippen LogP contribution in [0.4, 0.5) is 0 Å². The zero-order chi connectivity index (χ0) is 20.1. The SMILES string of the molecule is O=C(NC1CCN(C(=O)COc2ccc(Cl)cc2Cl)CC1)c1ccccc1O. The van der Waals surface area contributed by atoms with Crippen molar-refractivity contribution in [3.05, 3.63) is 58.1 Å². The predicted molar refractivity (Wildman–Crippen MR) is 107 cm³/mol. The van der Waals surface area contributed by atoms with E-state index in [2.05, 4.69) is 5.32 Å². The number of piperidine rings is 1. The van der Waals surface area contributed by atoms with Crippen molar-refractivity contribution in [2.24, 2.45) is 0 Å². The molecule has 0 atom stereocenters. The molecule has 1 aliphatic heterocycles. The van der Waals surface area contributed by atoms with Gasteiger partial charge in [0.2, 0.25) is 0 Å². The highest BCUT2D eigenvalue weighted by atomic mass is 35.5. The minimum Gasteiger partial charge on any atom is -0.507 e. The molecule has 0 saturated carbocycles. The third kappa shape index (κ3) is 5.09. The van der Waals surface area contributed by atoms with Crippen LogP contribution in [0.1, 0.15) is 23.2 Å². The Morgan fingerprint density at radius 1 is 1.14 bits per heavy atom. The number of phenols is 1. The summed E-state index contributed by atoms with van der Waals surface area (Å²) in [6, 6.07) is 11.2. The van der Waals surface area contributed by atoms with Gasteiger partial charge in [0.05, 0.1) is 10.6 Å². The molecular weight excluding hydrogens is 403 g/mol. The number of benzene rings is 2. The summed E-state index contributed by atoms with van der Waals surface area (Å²) >= 11 is 11.9. The number of carbonyl (C=O) groups excluding carboxylic acids is 2. The molecule has 2 aromatic rings. The number of ether oxygens (including phenoxy) is 1. The van der Waals surface area contributed by atoms with E-state index in [1.807, 2.05) is 0 Å². The number of rotatable bonds is 5. The molecule has 1 fully saturated rings. The first-order valence-electron chi connectivity index (χ1n) is 8.88. The average molecular weight is 423 g/mol. The van der Waals surface area contributed by atoms with Crippen LogP contribution in [0, 0.1) is 0 Å². The second kappa shape index (κ2) is 9.17. The first-order valence-corrected chi connectivity index (χ1v) is 9.64. The van der Waals surface area contributed by atoms with E-state index in [9.17, 15) is 14.7 Å². The molecule has 0 radical (unpaired) electrons. The molecule has 6 nitrogen and oxygen atoms in total. The number of nitrogens with zero attached hydrogens (tertiary/aromatic N) is 1. The normalized spacial score (nSPS) is 14.6. The standard InChI is InChI=1S/C20H20Cl2N2O4/c21-13-5-6-18(16(22)11-13)28-12-19(26)24-9-7-14(8-10-24)23-20(27)15-3-1-2-4-17(15)25/h1-6,11,14,25H,7-10,12H2,(H,23,27). The molecule has 0 bridgehead atoms. The molecule has 1 aliphatic rings. The molecule has 2 aromatic carbocycles. The number of likely N-dealkylation sites (tertiary alicyclic amines) is 1. The summed E-state index contributed by atoms with van der Waals surface area (Å²) in [5, 5.41) is 13.5. The van der Waals surface area contributed by atoms with Crippen molar-refractivity contribution in [2.45, 2.75) is 18.9 Å². The Labute approximate surface area is 173 Å². The predicted octanol–water partition coefficient (Wildman–Crippen LogP) is 3.50. The van der Waals surface area contributed by atoms with Crippen molar-refractivity contribution in [3.63, 3.8) is 0 Å². The van der Waals surface area contributed by atoms with Gasteiger partial charge in [-0.2, -0.15) is 0 Å². The van der Waals surface area contributed by atoms with E-state index in [-0.39, 0.29) is 35.8 Å². The Bertz CT molecular complexity index is 867. The van der Waals surface area contributed by atoms with Crippen LogP contribution in [-0.4, -0.2) is 47.6 Å². The van der Waals surface area contributed by atoms with Gasteiger partial charge < -0.3 is 20.1 Å².